The summed E-state index contributed by atoms with van der Waals surface area (Å²) in [6, 6.07) is 33.8. The van der Waals surface area contributed by atoms with Gasteiger partial charge in [0.1, 0.15) is 0 Å². The fraction of sp³-hybridized carbons (Fsp3) is 0.128. The van der Waals surface area contributed by atoms with E-state index in [-0.39, 0.29) is 6.61 Å². The van der Waals surface area contributed by atoms with Crippen molar-refractivity contribution in [1.29, 1.82) is 10.5 Å². The van der Waals surface area contributed by atoms with Crippen LogP contribution in [0.5, 0.6) is 0 Å². The van der Waals surface area contributed by atoms with E-state index in [0.29, 0.717) is 22.3 Å². The summed E-state index contributed by atoms with van der Waals surface area (Å²) >= 11 is 3.38. The summed E-state index contributed by atoms with van der Waals surface area (Å²) in [5, 5.41) is 28.4. The van der Waals surface area contributed by atoms with Crippen molar-refractivity contribution < 1.29 is 24.2 Å². The first-order valence-corrected chi connectivity index (χ1v) is 15.2. The molecule has 0 bridgehead atoms. The molecule has 1 N–H and O–H groups in total. The minimum absolute atomic E-state index is 0.109. The number of nitrogens with zero attached hydrogens (tertiary/aromatic N) is 2. The van der Waals surface area contributed by atoms with Crippen LogP contribution in [0.1, 0.15) is 48.5 Å². The van der Waals surface area contributed by atoms with Gasteiger partial charge in [0, 0.05) is 4.47 Å². The number of carbonyl (C=O) groups is 2. The SMILES string of the molecule is COC(=O)c1cc(-c2ccc(C)cc2C#N)cc(-c2ccccc2CO)c1.COC(=O)c1cc(Br)cc(-c2ccc(C)cc2C#N)c1. The zero-order valence-electron chi connectivity index (χ0n) is 26.3. The second kappa shape index (κ2) is 15.6. The van der Waals surface area contributed by atoms with Gasteiger partial charge in [-0.25, -0.2) is 9.59 Å². The molecule has 0 spiro atoms. The normalized spacial score (nSPS) is 10.1. The highest BCUT2D eigenvalue weighted by molar-refractivity contribution is 9.10. The summed E-state index contributed by atoms with van der Waals surface area (Å²) in [6.45, 7) is 3.76. The summed E-state index contributed by atoms with van der Waals surface area (Å²) < 4.78 is 10.4. The lowest BCUT2D eigenvalue weighted by molar-refractivity contribution is 0.0592. The quantitative estimate of drug-likeness (QED) is 0.178. The van der Waals surface area contributed by atoms with E-state index in [1.54, 1.807) is 24.3 Å². The molecule has 0 saturated heterocycles. The molecular weight excluding hydrogens is 656 g/mol. The molecule has 0 aliphatic heterocycles. The standard InChI is InChI=1S/C23H19NO3.C16H12BrNO2/c1-15-7-8-22(20(9-15)13-24)18-10-17(11-19(12-18)23(26)27-2)21-6-4-3-5-16(21)14-25;1-10-3-4-15(13(5-10)9-18)11-6-12(16(19)20-2)8-14(17)7-11/h3-12,25H,14H2,1-2H3;3-8H,1-2H3. The first-order chi connectivity index (χ1) is 22.6. The monoisotopic (exact) mass is 686 g/mol. The van der Waals surface area contributed by atoms with Crippen LogP contribution in [-0.2, 0) is 16.1 Å². The third-order valence-electron chi connectivity index (χ3n) is 7.38. The minimum atomic E-state index is -0.454. The molecule has 0 aromatic heterocycles. The zero-order chi connectivity index (χ0) is 34.1. The van der Waals surface area contributed by atoms with Gasteiger partial charge in [-0.3, -0.25) is 0 Å². The van der Waals surface area contributed by atoms with Crippen molar-refractivity contribution in [3.8, 4) is 45.5 Å². The van der Waals surface area contributed by atoms with Crippen LogP contribution in [0.25, 0.3) is 33.4 Å². The van der Waals surface area contributed by atoms with Gasteiger partial charge in [-0.1, -0.05) is 64.5 Å². The van der Waals surface area contributed by atoms with Crippen molar-refractivity contribution in [3.63, 3.8) is 0 Å². The van der Waals surface area contributed by atoms with Gasteiger partial charge >= 0.3 is 11.9 Å². The van der Waals surface area contributed by atoms with Crippen molar-refractivity contribution in [2.75, 3.05) is 14.2 Å². The molecule has 0 amide bonds. The number of hydrogen-bond donors (Lipinski definition) is 1. The Morgan fingerprint density at radius 3 is 1.62 bits per heavy atom. The lowest BCUT2D eigenvalue weighted by Crippen LogP contribution is -2.02. The Balaban J connectivity index is 0.000000223. The highest BCUT2D eigenvalue weighted by atomic mass is 79.9. The Kier molecular flexibility index (Phi) is 11.4. The smallest absolute Gasteiger partial charge is 0.337 e. The second-order valence-corrected chi connectivity index (χ2v) is 11.6. The summed E-state index contributed by atoms with van der Waals surface area (Å²) in [5.74, 6) is -0.858. The van der Waals surface area contributed by atoms with Crippen molar-refractivity contribution in [2.45, 2.75) is 20.5 Å². The molecule has 0 aliphatic carbocycles. The number of benzene rings is 5. The van der Waals surface area contributed by atoms with E-state index in [1.165, 1.54) is 14.2 Å². The molecule has 7 nitrogen and oxygen atoms in total. The van der Waals surface area contributed by atoms with E-state index >= 15 is 0 Å². The molecule has 8 heteroatoms. The first-order valence-electron chi connectivity index (χ1n) is 14.5. The van der Waals surface area contributed by atoms with E-state index in [0.717, 1.165) is 54.5 Å². The van der Waals surface area contributed by atoms with Crippen LogP contribution in [-0.4, -0.2) is 31.3 Å². The molecule has 5 aromatic carbocycles. The maximum absolute atomic E-state index is 12.2. The van der Waals surface area contributed by atoms with Gasteiger partial charge in [0.05, 0.1) is 55.2 Å². The number of aliphatic hydroxyl groups excluding tert-OH is 1. The highest BCUT2D eigenvalue weighted by Gasteiger charge is 2.15. The maximum Gasteiger partial charge on any atom is 0.337 e. The first kappa shape index (κ1) is 34.3. The Bertz CT molecular complexity index is 2060. The third kappa shape index (κ3) is 8.19. The predicted molar refractivity (Wildman–Crippen MR) is 184 cm³/mol. The predicted octanol–water partition coefficient (Wildman–Crippen LogP) is 8.56. The Labute approximate surface area is 282 Å². The molecule has 5 aromatic rings. The van der Waals surface area contributed by atoms with Crippen LogP contribution in [0, 0.1) is 36.5 Å². The van der Waals surface area contributed by atoms with Gasteiger partial charge in [-0.2, -0.15) is 10.5 Å². The van der Waals surface area contributed by atoms with E-state index < -0.39 is 11.9 Å². The van der Waals surface area contributed by atoms with Crippen molar-refractivity contribution in [3.05, 3.63) is 140 Å². The number of carbonyl (C=O) groups excluding carboxylic acids is 2. The number of rotatable bonds is 6. The molecular formula is C39H31BrN2O5. The highest BCUT2D eigenvalue weighted by Crippen LogP contribution is 2.33. The average Bonchev–Trinajstić information content (AvgIpc) is 3.10. The van der Waals surface area contributed by atoms with Gasteiger partial charge in [0.2, 0.25) is 0 Å². The van der Waals surface area contributed by atoms with Crippen LogP contribution in [0.2, 0.25) is 0 Å². The maximum atomic E-state index is 12.2. The van der Waals surface area contributed by atoms with Crippen LogP contribution in [0.4, 0.5) is 0 Å². The number of hydrogen-bond acceptors (Lipinski definition) is 7. The van der Waals surface area contributed by atoms with Crippen LogP contribution < -0.4 is 0 Å². The number of nitriles is 2. The largest absolute Gasteiger partial charge is 0.465 e. The van der Waals surface area contributed by atoms with Crippen molar-refractivity contribution >= 4 is 27.9 Å². The van der Waals surface area contributed by atoms with E-state index in [9.17, 15) is 25.2 Å². The minimum Gasteiger partial charge on any atom is -0.465 e. The summed E-state index contributed by atoms with van der Waals surface area (Å²) in [7, 11) is 2.68. The summed E-state index contributed by atoms with van der Waals surface area (Å²) in [6.07, 6.45) is 0. The summed E-state index contributed by atoms with van der Waals surface area (Å²) in [5.41, 5.74) is 9.43. The van der Waals surface area contributed by atoms with Crippen molar-refractivity contribution in [2.24, 2.45) is 0 Å². The van der Waals surface area contributed by atoms with Gasteiger partial charge in [0.15, 0.2) is 0 Å². The Morgan fingerprint density at radius 2 is 1.13 bits per heavy atom. The van der Waals surface area contributed by atoms with Gasteiger partial charge < -0.3 is 14.6 Å². The van der Waals surface area contributed by atoms with Gasteiger partial charge in [-0.05, 0) is 112 Å². The van der Waals surface area contributed by atoms with E-state index in [2.05, 4.69) is 28.1 Å². The fourth-order valence-corrected chi connectivity index (χ4v) is 5.59. The summed E-state index contributed by atoms with van der Waals surface area (Å²) in [4.78, 5) is 23.9. The number of aliphatic hydroxyl groups is 1. The third-order valence-corrected chi connectivity index (χ3v) is 7.84. The Hall–Kier alpha value is -5.54. The topological polar surface area (TPSA) is 120 Å². The number of esters is 2. The van der Waals surface area contributed by atoms with Gasteiger partial charge in [0.25, 0.3) is 0 Å². The number of ether oxygens (including phenoxy) is 2. The molecule has 0 saturated carbocycles. The van der Waals surface area contributed by atoms with Crippen molar-refractivity contribution in [1.82, 2.24) is 0 Å². The number of aryl methyl sites for hydroxylation is 2. The van der Waals surface area contributed by atoms with Crippen LogP contribution in [0.3, 0.4) is 0 Å². The van der Waals surface area contributed by atoms with Crippen LogP contribution in [0.15, 0.2) is 102 Å². The molecule has 0 aliphatic rings. The van der Waals surface area contributed by atoms with E-state index in [4.69, 9.17) is 9.47 Å². The molecule has 0 heterocycles. The molecule has 47 heavy (non-hydrogen) atoms. The zero-order valence-corrected chi connectivity index (χ0v) is 27.9. The lowest BCUT2D eigenvalue weighted by Gasteiger charge is -2.13. The van der Waals surface area contributed by atoms with E-state index in [1.807, 2.05) is 86.6 Å². The molecule has 0 radical (unpaired) electrons. The van der Waals surface area contributed by atoms with Gasteiger partial charge in [-0.15, -0.1) is 0 Å². The fourth-order valence-electron chi connectivity index (χ4n) is 5.10. The number of methoxy groups -OCH3 is 2. The Morgan fingerprint density at radius 1 is 0.660 bits per heavy atom. The molecule has 0 unspecified atom stereocenters. The molecule has 0 atom stereocenters. The average molecular weight is 688 g/mol. The molecule has 0 fully saturated rings. The lowest BCUT2D eigenvalue weighted by atomic mass is 9.91. The molecule has 5 rings (SSSR count). The second-order valence-electron chi connectivity index (χ2n) is 10.6. The van der Waals surface area contributed by atoms with Crippen LogP contribution >= 0.6 is 15.9 Å². The molecule has 234 valence electrons. The number of halogens is 1.